The molecule has 29 heavy (non-hydrogen) atoms. The fourth-order valence-corrected chi connectivity index (χ4v) is 3.83. The molecule has 0 saturated heterocycles. The number of fused-ring (bicyclic) bond motifs is 1. The highest BCUT2D eigenvalue weighted by atomic mass is 32.1. The molecule has 3 N–H and O–H groups in total. The maximum absolute atomic E-state index is 12.4. The lowest BCUT2D eigenvalue weighted by molar-refractivity contribution is -0.120. The van der Waals surface area contributed by atoms with Crippen molar-refractivity contribution in [2.24, 2.45) is 0 Å². The molecule has 4 rings (SSSR count). The molecule has 2 amide bonds. The van der Waals surface area contributed by atoms with Gasteiger partial charge in [0.05, 0.1) is 13.0 Å². The summed E-state index contributed by atoms with van der Waals surface area (Å²) >= 11 is 1.62. The molecule has 0 radical (unpaired) electrons. The smallest absolute Gasteiger partial charge is 0.251 e. The van der Waals surface area contributed by atoms with Gasteiger partial charge in [-0.3, -0.25) is 9.59 Å². The summed E-state index contributed by atoms with van der Waals surface area (Å²) in [7, 11) is 1.61. The minimum Gasteiger partial charge on any atom is -0.355 e. The van der Waals surface area contributed by atoms with Crippen LogP contribution in [0.4, 0.5) is 0 Å². The van der Waals surface area contributed by atoms with Crippen LogP contribution >= 0.6 is 11.3 Å². The Morgan fingerprint density at radius 3 is 2.83 bits per heavy atom. The van der Waals surface area contributed by atoms with Gasteiger partial charge >= 0.3 is 0 Å². The summed E-state index contributed by atoms with van der Waals surface area (Å²) in [6.07, 6.45) is 3.87. The molecule has 0 bridgehead atoms. The van der Waals surface area contributed by atoms with Gasteiger partial charge < -0.3 is 15.6 Å². The van der Waals surface area contributed by atoms with Gasteiger partial charge in [-0.25, -0.2) is 4.98 Å². The first-order chi connectivity index (χ1) is 14.1. The van der Waals surface area contributed by atoms with Crippen molar-refractivity contribution in [1.29, 1.82) is 0 Å². The zero-order chi connectivity index (χ0) is 20.2. The molecule has 0 fully saturated rings. The van der Waals surface area contributed by atoms with Crippen LogP contribution in [0, 0.1) is 0 Å². The normalized spacial score (nSPS) is 10.8. The Bertz CT molecular complexity index is 1160. The highest BCUT2D eigenvalue weighted by Crippen LogP contribution is 2.26. The van der Waals surface area contributed by atoms with Crippen LogP contribution in [0.1, 0.15) is 20.8 Å². The Hall–Kier alpha value is -3.45. The van der Waals surface area contributed by atoms with Gasteiger partial charge in [-0.2, -0.15) is 0 Å². The summed E-state index contributed by atoms with van der Waals surface area (Å²) in [5.74, 6) is -0.169. The number of aromatic nitrogens is 2. The average molecular weight is 404 g/mol. The topological polar surface area (TPSA) is 86.9 Å². The summed E-state index contributed by atoms with van der Waals surface area (Å²) < 4.78 is 0. The molecule has 3 aromatic heterocycles. The van der Waals surface area contributed by atoms with Crippen molar-refractivity contribution in [2.75, 3.05) is 7.05 Å². The molecule has 4 aromatic rings. The van der Waals surface area contributed by atoms with Gasteiger partial charge in [0, 0.05) is 40.8 Å². The van der Waals surface area contributed by atoms with Gasteiger partial charge in [-0.05, 0) is 40.8 Å². The van der Waals surface area contributed by atoms with Crippen molar-refractivity contribution in [3.63, 3.8) is 0 Å². The second kappa shape index (κ2) is 8.28. The highest BCUT2D eigenvalue weighted by Gasteiger charge is 2.12. The second-order valence-corrected chi connectivity index (χ2v) is 7.66. The van der Waals surface area contributed by atoms with Gasteiger partial charge in [-0.1, -0.05) is 18.2 Å². The van der Waals surface area contributed by atoms with Crippen LogP contribution in [0.5, 0.6) is 0 Å². The number of nitrogens with zero attached hydrogens (tertiary/aromatic N) is 1. The maximum Gasteiger partial charge on any atom is 0.251 e. The molecule has 6 nitrogen and oxygen atoms in total. The Balaban J connectivity index is 1.56. The number of nitrogens with one attached hydrogen (secondary N) is 3. The number of hydrogen-bond donors (Lipinski definition) is 3. The van der Waals surface area contributed by atoms with E-state index in [4.69, 9.17) is 0 Å². The van der Waals surface area contributed by atoms with Crippen LogP contribution in [-0.4, -0.2) is 28.8 Å². The number of H-pyrrole nitrogens is 1. The van der Waals surface area contributed by atoms with Crippen LogP contribution in [0.2, 0.25) is 0 Å². The first-order valence-electron chi connectivity index (χ1n) is 9.21. The third-order valence-corrected chi connectivity index (χ3v) is 5.57. The lowest BCUT2D eigenvalue weighted by Crippen LogP contribution is -2.23. The van der Waals surface area contributed by atoms with Crippen molar-refractivity contribution in [3.05, 3.63) is 76.2 Å². The number of rotatable bonds is 6. The standard InChI is InChI=1S/C22H20N4O2S/c1-23-22(28)15-5-2-4-14(8-15)16-9-19-17(12-26-21(19)25-11-16)10-20(27)24-13-18-6-3-7-29-18/h2-9,11-12H,10,13H2,1H3,(H,23,28)(H,24,27)(H,25,26). The van der Waals surface area contributed by atoms with Crippen molar-refractivity contribution < 1.29 is 9.59 Å². The molecule has 0 atom stereocenters. The van der Waals surface area contributed by atoms with Crippen molar-refractivity contribution in [3.8, 4) is 11.1 Å². The van der Waals surface area contributed by atoms with E-state index in [1.165, 1.54) is 0 Å². The summed E-state index contributed by atoms with van der Waals surface area (Å²) in [5.41, 5.74) is 4.00. The van der Waals surface area contributed by atoms with E-state index in [0.29, 0.717) is 12.1 Å². The molecule has 0 aliphatic heterocycles. The zero-order valence-electron chi connectivity index (χ0n) is 15.9. The Morgan fingerprint density at radius 2 is 2.03 bits per heavy atom. The number of hydrogen-bond acceptors (Lipinski definition) is 4. The zero-order valence-corrected chi connectivity index (χ0v) is 16.7. The molecule has 0 aliphatic rings. The van der Waals surface area contributed by atoms with Crippen LogP contribution in [0.3, 0.4) is 0 Å². The molecule has 0 spiro atoms. The first-order valence-corrected chi connectivity index (χ1v) is 10.1. The third kappa shape index (κ3) is 4.20. The number of thiophene rings is 1. The quantitative estimate of drug-likeness (QED) is 0.460. The predicted molar refractivity (Wildman–Crippen MR) is 115 cm³/mol. The lowest BCUT2D eigenvalue weighted by atomic mass is 10.0. The number of carbonyl (C=O) groups excluding carboxylic acids is 2. The minimum absolute atomic E-state index is 0.0358. The Kier molecular flexibility index (Phi) is 5.39. The van der Waals surface area contributed by atoms with Crippen LogP contribution in [-0.2, 0) is 17.8 Å². The molecular formula is C22H20N4O2S. The van der Waals surface area contributed by atoms with E-state index in [0.717, 1.165) is 32.6 Å². The van der Waals surface area contributed by atoms with Gasteiger partial charge in [0.1, 0.15) is 5.65 Å². The summed E-state index contributed by atoms with van der Waals surface area (Å²) in [4.78, 5) is 33.0. The minimum atomic E-state index is -0.134. The molecule has 7 heteroatoms. The molecule has 146 valence electrons. The van der Waals surface area contributed by atoms with Gasteiger partial charge in [0.25, 0.3) is 5.91 Å². The van der Waals surface area contributed by atoms with E-state index in [1.807, 2.05) is 48.0 Å². The SMILES string of the molecule is CNC(=O)c1cccc(-c2cnc3[nH]cc(CC(=O)NCc4cccs4)c3c2)c1. The number of carbonyl (C=O) groups is 2. The molecular weight excluding hydrogens is 384 g/mol. The van der Waals surface area contributed by atoms with Crippen molar-refractivity contribution in [2.45, 2.75) is 13.0 Å². The van der Waals surface area contributed by atoms with Crippen molar-refractivity contribution in [1.82, 2.24) is 20.6 Å². The Morgan fingerprint density at radius 1 is 1.14 bits per heavy atom. The Labute approximate surface area is 172 Å². The van der Waals surface area contributed by atoms with Crippen molar-refractivity contribution >= 4 is 34.2 Å². The maximum atomic E-state index is 12.4. The summed E-state index contributed by atoms with van der Waals surface area (Å²) in [6.45, 7) is 0.536. The van der Waals surface area contributed by atoms with E-state index in [9.17, 15) is 9.59 Å². The third-order valence-electron chi connectivity index (χ3n) is 4.69. The van der Waals surface area contributed by atoms with E-state index in [-0.39, 0.29) is 18.2 Å². The highest BCUT2D eigenvalue weighted by molar-refractivity contribution is 7.09. The molecule has 0 saturated carbocycles. The van der Waals surface area contributed by atoms with Gasteiger partial charge in [0.15, 0.2) is 0 Å². The van der Waals surface area contributed by atoms with E-state index < -0.39 is 0 Å². The average Bonchev–Trinajstić information content (AvgIpc) is 3.41. The monoisotopic (exact) mass is 404 g/mol. The number of aromatic amines is 1. The van der Waals surface area contributed by atoms with Crippen LogP contribution in [0.15, 0.2) is 60.2 Å². The molecule has 1 aromatic carbocycles. The first kappa shape index (κ1) is 18.9. The van der Waals surface area contributed by atoms with E-state index in [1.54, 1.807) is 30.6 Å². The molecule has 0 aliphatic carbocycles. The van der Waals surface area contributed by atoms with Crippen LogP contribution < -0.4 is 10.6 Å². The number of pyridine rings is 1. The number of benzene rings is 1. The van der Waals surface area contributed by atoms with E-state index >= 15 is 0 Å². The fourth-order valence-electron chi connectivity index (χ4n) is 3.18. The summed E-state index contributed by atoms with van der Waals surface area (Å²) in [5, 5.41) is 8.48. The van der Waals surface area contributed by atoms with Gasteiger partial charge in [-0.15, -0.1) is 11.3 Å². The molecule has 3 heterocycles. The largest absolute Gasteiger partial charge is 0.355 e. The molecule has 0 unspecified atom stereocenters. The predicted octanol–water partition coefficient (Wildman–Crippen LogP) is 3.51. The van der Waals surface area contributed by atoms with E-state index in [2.05, 4.69) is 20.6 Å². The fraction of sp³-hybridized carbons (Fsp3) is 0.136. The lowest BCUT2D eigenvalue weighted by Gasteiger charge is -2.06. The second-order valence-electron chi connectivity index (χ2n) is 6.63. The number of amides is 2. The summed E-state index contributed by atoms with van der Waals surface area (Å²) in [6, 6.07) is 13.4. The van der Waals surface area contributed by atoms with Gasteiger partial charge in [0.2, 0.25) is 5.91 Å². The van der Waals surface area contributed by atoms with Crippen LogP contribution in [0.25, 0.3) is 22.2 Å².